The molecule has 1 spiro atoms. The van der Waals surface area contributed by atoms with Crippen LogP contribution in [-0.2, 0) is 11.2 Å². The standard InChI is InChI=1S/C24H30F2N4O3/c1-33-19-5-3-2-4-17(19)14-24(25,26)15-18(20(31)29-23(16-27)8-9-23)28-21(32)30-12-10-22(6-7-22)11-13-30/h2-5,18H,6-15H2,1H3,(H,28,32)(H,29,31). The normalized spacial score (nSPS) is 21.0. The van der Waals surface area contributed by atoms with E-state index in [9.17, 15) is 14.9 Å². The lowest BCUT2D eigenvalue weighted by molar-refractivity contribution is -0.126. The van der Waals surface area contributed by atoms with E-state index in [1.165, 1.54) is 20.0 Å². The second kappa shape index (κ2) is 8.81. The number of para-hydroxylation sites is 1. The van der Waals surface area contributed by atoms with Gasteiger partial charge >= 0.3 is 6.03 Å². The zero-order valence-corrected chi connectivity index (χ0v) is 18.8. The topological polar surface area (TPSA) is 94.5 Å². The van der Waals surface area contributed by atoms with Crippen LogP contribution < -0.4 is 15.4 Å². The molecule has 1 unspecified atom stereocenters. The molecule has 1 aliphatic heterocycles. The van der Waals surface area contributed by atoms with Gasteiger partial charge in [-0.15, -0.1) is 0 Å². The summed E-state index contributed by atoms with van der Waals surface area (Å²) < 4.78 is 35.4. The Bertz CT molecular complexity index is 943. The van der Waals surface area contributed by atoms with Crippen LogP contribution in [-0.4, -0.2) is 54.5 Å². The lowest BCUT2D eigenvalue weighted by Crippen LogP contribution is -2.56. The summed E-state index contributed by atoms with van der Waals surface area (Å²) in [6.07, 6.45) is 3.60. The van der Waals surface area contributed by atoms with Crippen molar-refractivity contribution in [3.05, 3.63) is 29.8 Å². The van der Waals surface area contributed by atoms with Crippen molar-refractivity contribution < 1.29 is 23.1 Å². The molecule has 33 heavy (non-hydrogen) atoms. The van der Waals surface area contributed by atoms with E-state index in [2.05, 4.69) is 10.6 Å². The molecule has 178 valence electrons. The summed E-state index contributed by atoms with van der Waals surface area (Å²) in [5, 5.41) is 14.4. The zero-order valence-electron chi connectivity index (χ0n) is 18.8. The third-order valence-electron chi connectivity index (χ3n) is 7.15. The van der Waals surface area contributed by atoms with Crippen LogP contribution in [0.15, 0.2) is 24.3 Å². The highest BCUT2D eigenvalue weighted by Crippen LogP contribution is 2.53. The maximum Gasteiger partial charge on any atom is 0.318 e. The average molecular weight is 461 g/mol. The van der Waals surface area contributed by atoms with E-state index in [1.807, 2.05) is 6.07 Å². The van der Waals surface area contributed by atoms with Gasteiger partial charge in [0.05, 0.1) is 13.2 Å². The highest BCUT2D eigenvalue weighted by Gasteiger charge is 2.48. The van der Waals surface area contributed by atoms with E-state index in [0.29, 0.717) is 42.7 Å². The average Bonchev–Trinajstić information content (AvgIpc) is 3.72. The number of methoxy groups -OCH3 is 1. The van der Waals surface area contributed by atoms with Gasteiger partial charge in [-0.1, -0.05) is 18.2 Å². The van der Waals surface area contributed by atoms with Crippen molar-refractivity contribution in [3.8, 4) is 11.8 Å². The first-order chi connectivity index (χ1) is 15.7. The Morgan fingerprint density at radius 1 is 1.18 bits per heavy atom. The van der Waals surface area contributed by atoms with E-state index in [4.69, 9.17) is 4.74 Å². The molecule has 0 bridgehead atoms. The molecular formula is C24H30F2N4O3. The largest absolute Gasteiger partial charge is 0.496 e. The predicted octanol–water partition coefficient (Wildman–Crippen LogP) is 3.39. The summed E-state index contributed by atoms with van der Waals surface area (Å²) in [4.78, 5) is 27.3. The molecule has 0 aromatic heterocycles. The van der Waals surface area contributed by atoms with Gasteiger partial charge in [-0.25, -0.2) is 13.6 Å². The first-order valence-electron chi connectivity index (χ1n) is 11.5. The number of carbonyl (C=O) groups excluding carboxylic acids is 2. The molecule has 2 aliphatic carbocycles. The third kappa shape index (κ3) is 5.55. The summed E-state index contributed by atoms with van der Waals surface area (Å²) >= 11 is 0. The first-order valence-corrected chi connectivity index (χ1v) is 11.5. The number of alkyl halides is 2. The molecule has 4 rings (SSSR count). The maximum absolute atomic E-state index is 15.1. The molecule has 1 aromatic carbocycles. The van der Waals surface area contributed by atoms with E-state index in [0.717, 1.165) is 12.8 Å². The minimum Gasteiger partial charge on any atom is -0.496 e. The number of nitrogens with zero attached hydrogens (tertiary/aromatic N) is 2. The van der Waals surface area contributed by atoms with Crippen molar-refractivity contribution in [2.75, 3.05) is 20.2 Å². The Hall–Kier alpha value is -2.89. The molecule has 1 atom stereocenters. The van der Waals surface area contributed by atoms with E-state index in [-0.39, 0.29) is 0 Å². The number of halogens is 2. The number of piperidine rings is 1. The van der Waals surface area contributed by atoms with Gasteiger partial charge in [0.1, 0.15) is 17.3 Å². The Morgan fingerprint density at radius 3 is 2.42 bits per heavy atom. The molecule has 2 saturated carbocycles. The van der Waals surface area contributed by atoms with Gasteiger partial charge in [-0.3, -0.25) is 4.79 Å². The van der Waals surface area contributed by atoms with Crippen molar-refractivity contribution in [2.45, 2.75) is 68.9 Å². The number of hydrogen-bond donors (Lipinski definition) is 2. The fourth-order valence-corrected chi connectivity index (χ4v) is 4.52. The lowest BCUT2D eigenvalue weighted by atomic mass is 9.94. The second-order valence-corrected chi connectivity index (χ2v) is 9.72. The Morgan fingerprint density at radius 2 is 1.85 bits per heavy atom. The summed E-state index contributed by atoms with van der Waals surface area (Å²) in [5.74, 6) is -3.70. The smallest absolute Gasteiger partial charge is 0.318 e. The van der Waals surface area contributed by atoms with Crippen molar-refractivity contribution in [1.29, 1.82) is 5.26 Å². The molecular weight excluding hydrogens is 430 g/mol. The fraction of sp³-hybridized carbons (Fsp3) is 0.625. The van der Waals surface area contributed by atoms with Crippen LogP contribution in [0, 0.1) is 16.7 Å². The van der Waals surface area contributed by atoms with Crippen molar-refractivity contribution in [3.63, 3.8) is 0 Å². The molecule has 9 heteroatoms. The summed E-state index contributed by atoms with van der Waals surface area (Å²) in [6.45, 7) is 1.11. The van der Waals surface area contributed by atoms with Gasteiger partial charge in [0, 0.05) is 31.5 Å². The van der Waals surface area contributed by atoms with Gasteiger partial charge in [-0.2, -0.15) is 5.26 Å². The number of ether oxygens (including phenoxy) is 1. The van der Waals surface area contributed by atoms with Crippen molar-refractivity contribution in [2.24, 2.45) is 5.41 Å². The second-order valence-electron chi connectivity index (χ2n) is 9.72. The number of amides is 3. The number of benzene rings is 1. The fourth-order valence-electron chi connectivity index (χ4n) is 4.52. The number of hydrogen-bond acceptors (Lipinski definition) is 4. The van der Waals surface area contributed by atoms with Crippen LogP contribution in [0.3, 0.4) is 0 Å². The van der Waals surface area contributed by atoms with Crippen molar-refractivity contribution >= 4 is 11.9 Å². The molecule has 1 heterocycles. The zero-order chi connectivity index (χ0) is 23.7. The van der Waals surface area contributed by atoms with Crippen molar-refractivity contribution in [1.82, 2.24) is 15.5 Å². The Balaban J connectivity index is 1.45. The number of carbonyl (C=O) groups is 2. The Labute approximate surface area is 192 Å². The van der Waals surface area contributed by atoms with Crippen LogP contribution in [0.1, 0.15) is 50.5 Å². The van der Waals surface area contributed by atoms with Crippen LogP contribution in [0.5, 0.6) is 5.75 Å². The number of likely N-dealkylation sites (tertiary alicyclic amines) is 1. The summed E-state index contributed by atoms with van der Waals surface area (Å²) in [6, 6.07) is 6.55. The van der Waals surface area contributed by atoms with Crippen LogP contribution in [0.25, 0.3) is 0 Å². The highest BCUT2D eigenvalue weighted by atomic mass is 19.3. The predicted molar refractivity (Wildman–Crippen MR) is 117 cm³/mol. The van der Waals surface area contributed by atoms with E-state index in [1.54, 1.807) is 29.2 Å². The number of nitrogens with one attached hydrogen (secondary N) is 2. The van der Waals surface area contributed by atoms with E-state index < -0.39 is 42.3 Å². The Kier molecular flexibility index (Phi) is 6.21. The molecule has 0 radical (unpaired) electrons. The van der Waals surface area contributed by atoms with Gasteiger partial charge in [-0.05, 0) is 50.0 Å². The lowest BCUT2D eigenvalue weighted by Gasteiger charge is -2.34. The van der Waals surface area contributed by atoms with Gasteiger partial charge < -0.3 is 20.3 Å². The minimum atomic E-state index is -3.28. The van der Waals surface area contributed by atoms with Gasteiger partial charge in [0.15, 0.2) is 0 Å². The summed E-state index contributed by atoms with van der Waals surface area (Å²) in [5.41, 5.74) is -0.334. The van der Waals surface area contributed by atoms with Crippen LogP contribution >= 0.6 is 0 Å². The quantitative estimate of drug-likeness (QED) is 0.622. The maximum atomic E-state index is 15.1. The number of nitriles is 1. The van der Waals surface area contributed by atoms with Gasteiger partial charge in [0.25, 0.3) is 5.92 Å². The molecule has 1 saturated heterocycles. The van der Waals surface area contributed by atoms with Crippen LogP contribution in [0.2, 0.25) is 0 Å². The number of rotatable bonds is 8. The summed E-state index contributed by atoms with van der Waals surface area (Å²) in [7, 11) is 1.41. The molecule has 7 nitrogen and oxygen atoms in total. The first kappa shape index (κ1) is 23.3. The molecule has 3 aliphatic rings. The van der Waals surface area contributed by atoms with E-state index >= 15 is 8.78 Å². The molecule has 3 fully saturated rings. The number of urea groups is 1. The molecule has 2 N–H and O–H groups in total. The highest BCUT2D eigenvalue weighted by molar-refractivity contribution is 5.88. The minimum absolute atomic E-state index is 0.317. The third-order valence-corrected chi connectivity index (χ3v) is 7.15. The van der Waals surface area contributed by atoms with Crippen LogP contribution in [0.4, 0.5) is 13.6 Å². The molecule has 1 aromatic rings. The molecule has 3 amide bonds. The SMILES string of the molecule is COc1ccccc1CC(F)(F)CC(NC(=O)N1CCC2(CC1)CC2)C(=O)NC1(C#N)CC1. The van der Waals surface area contributed by atoms with Gasteiger partial charge in [0.2, 0.25) is 5.91 Å². The monoisotopic (exact) mass is 460 g/mol.